The molecule has 0 radical (unpaired) electrons. The van der Waals surface area contributed by atoms with Crippen molar-refractivity contribution in [3.05, 3.63) is 0 Å². The average Bonchev–Trinajstić information content (AvgIpc) is 2.16. The Hall–Kier alpha value is -0.550. The van der Waals surface area contributed by atoms with Gasteiger partial charge in [-0.25, -0.2) is 0 Å². The predicted molar refractivity (Wildman–Crippen MR) is 58.3 cm³/mol. The zero-order valence-electron chi connectivity index (χ0n) is 10.3. The summed E-state index contributed by atoms with van der Waals surface area (Å²) in [5, 5.41) is 0. The van der Waals surface area contributed by atoms with Gasteiger partial charge >= 0.3 is 12.6 Å². The van der Waals surface area contributed by atoms with Crippen LogP contribution in [-0.4, -0.2) is 42.8 Å². The lowest BCUT2D eigenvalue weighted by Crippen LogP contribution is -2.48. The van der Waals surface area contributed by atoms with Gasteiger partial charge in [-0.1, -0.05) is 19.3 Å². The molecule has 0 aromatic carbocycles. The van der Waals surface area contributed by atoms with Crippen molar-refractivity contribution in [3.8, 4) is 0 Å². The summed E-state index contributed by atoms with van der Waals surface area (Å²) < 4.78 is 102. The lowest BCUT2D eigenvalue weighted by atomic mass is 10.1. The molecule has 0 rings (SSSR count). The van der Waals surface area contributed by atoms with Gasteiger partial charge in [-0.15, -0.1) is 4.90 Å². The van der Waals surface area contributed by atoms with Gasteiger partial charge in [0.05, 0.1) is 5.75 Å². The van der Waals surface area contributed by atoms with E-state index in [9.17, 15) is 34.8 Å². The molecule has 0 spiro atoms. The molecular weight excluding hydrogens is 316 g/mol. The van der Waals surface area contributed by atoms with Crippen LogP contribution in [0.2, 0.25) is 0 Å². The van der Waals surface area contributed by atoms with Crippen molar-refractivity contribution >= 4 is 10.1 Å². The Morgan fingerprint density at radius 2 is 1.20 bits per heavy atom. The van der Waals surface area contributed by atoms with Crippen LogP contribution >= 0.6 is 0 Å². The fourth-order valence-corrected chi connectivity index (χ4v) is 2.05. The molecule has 0 saturated carbocycles. The molecule has 0 saturated heterocycles. The molecule has 0 aliphatic heterocycles. The van der Waals surface area contributed by atoms with E-state index in [1.165, 1.54) is 0 Å². The molecule has 11 heteroatoms. The summed E-state index contributed by atoms with van der Waals surface area (Å²) in [4.78, 5) is -1.49. The minimum atomic E-state index is -5.47. The molecule has 0 fully saturated rings. The Kier molecular flexibility index (Phi) is 7.25. The van der Waals surface area contributed by atoms with Crippen molar-refractivity contribution in [2.45, 2.75) is 44.7 Å². The number of unbranched alkanes of at least 4 members (excludes halogenated alkanes) is 4. The molecule has 122 valence electrons. The lowest BCUT2D eigenvalue weighted by molar-refractivity contribution is -0.372. The summed E-state index contributed by atoms with van der Waals surface area (Å²) in [6.45, 7) is -1.19. The topological polar surface area (TPSA) is 57.6 Å². The van der Waals surface area contributed by atoms with E-state index in [0.717, 1.165) is 0 Å². The predicted octanol–water partition coefficient (Wildman–Crippen LogP) is 3.17. The van der Waals surface area contributed by atoms with Crippen molar-refractivity contribution in [2.75, 3.05) is 12.3 Å². The highest BCUT2D eigenvalue weighted by Gasteiger charge is 2.53. The number of hydrogen-bond acceptors (Lipinski definition) is 3. The number of halogens is 6. The van der Waals surface area contributed by atoms with Crippen LogP contribution in [0.5, 0.6) is 0 Å². The van der Waals surface area contributed by atoms with Crippen molar-refractivity contribution in [3.63, 3.8) is 0 Å². The molecule has 0 atom stereocenters. The fourth-order valence-electron chi connectivity index (χ4n) is 1.48. The van der Waals surface area contributed by atoms with Crippen LogP contribution in [0.25, 0.3) is 0 Å². The van der Waals surface area contributed by atoms with Crippen LogP contribution in [0.1, 0.15) is 32.1 Å². The van der Waals surface area contributed by atoms with E-state index >= 15 is 0 Å². The molecule has 0 amide bonds. The quantitative estimate of drug-likeness (QED) is 0.321. The highest BCUT2D eigenvalue weighted by Crippen LogP contribution is 2.33. The molecule has 0 aliphatic rings. The van der Waals surface area contributed by atoms with Gasteiger partial charge in [0.25, 0.3) is 10.1 Å². The van der Waals surface area contributed by atoms with Gasteiger partial charge < -0.3 is 0 Å². The average molecular weight is 331 g/mol. The Balaban J connectivity index is 3.93. The zero-order chi connectivity index (χ0) is 16.0. The zero-order valence-corrected chi connectivity index (χ0v) is 11.2. The van der Waals surface area contributed by atoms with Crippen LogP contribution in [0.4, 0.5) is 26.3 Å². The molecule has 0 aromatic heterocycles. The first-order valence-corrected chi connectivity index (χ1v) is 7.31. The highest BCUT2D eigenvalue weighted by molar-refractivity contribution is 7.85. The largest absolute Gasteiger partial charge is 0.467 e. The summed E-state index contributed by atoms with van der Waals surface area (Å²) >= 11 is 0. The second-order valence-electron chi connectivity index (χ2n) is 4.14. The van der Waals surface area contributed by atoms with Crippen LogP contribution in [0, 0.1) is 0 Å². The Morgan fingerprint density at radius 1 is 0.800 bits per heavy atom. The van der Waals surface area contributed by atoms with Crippen LogP contribution in [0.3, 0.4) is 0 Å². The molecule has 0 aliphatic carbocycles. The first-order chi connectivity index (χ1) is 8.84. The van der Waals surface area contributed by atoms with Gasteiger partial charge in [-0.3, -0.25) is 4.55 Å². The maximum atomic E-state index is 12.1. The van der Waals surface area contributed by atoms with Gasteiger partial charge in [0.1, 0.15) is 0 Å². The Bertz CT molecular complexity index is 364. The minimum absolute atomic E-state index is 0.105. The standard InChI is InChI=1S/C9H15F6NO3S/c10-8(11,12)16(9(13,14)15)6-4-2-1-3-5-7-20(17,18)19/h1-7H2,(H,17,18,19). The molecule has 0 bridgehead atoms. The minimum Gasteiger partial charge on any atom is -0.286 e. The monoisotopic (exact) mass is 331 g/mol. The lowest BCUT2D eigenvalue weighted by Gasteiger charge is -2.26. The first kappa shape index (κ1) is 19.4. The number of nitrogens with zero attached hydrogens (tertiary/aromatic N) is 1. The van der Waals surface area contributed by atoms with Crippen molar-refractivity contribution < 1.29 is 39.3 Å². The van der Waals surface area contributed by atoms with E-state index in [-0.39, 0.29) is 19.3 Å². The summed E-state index contributed by atoms with van der Waals surface area (Å²) in [7, 11) is -4.07. The van der Waals surface area contributed by atoms with E-state index in [1.54, 1.807) is 0 Å². The van der Waals surface area contributed by atoms with Crippen molar-refractivity contribution in [1.29, 1.82) is 0 Å². The summed E-state index contributed by atoms with van der Waals surface area (Å²) in [5.41, 5.74) is 0. The number of rotatable bonds is 8. The second kappa shape index (κ2) is 7.46. The molecular formula is C9H15F6NO3S. The first-order valence-electron chi connectivity index (χ1n) is 5.70. The highest BCUT2D eigenvalue weighted by atomic mass is 32.2. The normalized spacial score (nSPS) is 14.0. The number of hydrogen-bond donors (Lipinski definition) is 1. The van der Waals surface area contributed by atoms with Gasteiger partial charge in [-0.2, -0.15) is 34.8 Å². The molecule has 0 aromatic rings. The van der Waals surface area contributed by atoms with E-state index in [4.69, 9.17) is 4.55 Å². The van der Waals surface area contributed by atoms with Crippen LogP contribution in [0.15, 0.2) is 0 Å². The molecule has 1 N–H and O–H groups in total. The van der Waals surface area contributed by atoms with Crippen LogP contribution < -0.4 is 0 Å². The third-order valence-corrected chi connectivity index (χ3v) is 3.20. The van der Waals surface area contributed by atoms with E-state index in [2.05, 4.69) is 0 Å². The van der Waals surface area contributed by atoms with E-state index in [0.29, 0.717) is 12.8 Å². The van der Waals surface area contributed by atoms with Gasteiger partial charge in [0.15, 0.2) is 0 Å². The SMILES string of the molecule is O=S(=O)(O)CCCCCCCN(C(F)(F)F)C(F)(F)F. The molecule has 0 unspecified atom stereocenters. The summed E-state index contributed by atoms with van der Waals surface area (Å²) in [5.74, 6) is -0.468. The Morgan fingerprint density at radius 3 is 1.60 bits per heavy atom. The van der Waals surface area contributed by atoms with Gasteiger partial charge in [0.2, 0.25) is 0 Å². The van der Waals surface area contributed by atoms with Gasteiger partial charge in [-0.05, 0) is 12.8 Å². The van der Waals surface area contributed by atoms with Crippen molar-refractivity contribution in [1.82, 2.24) is 4.90 Å². The molecule has 20 heavy (non-hydrogen) atoms. The third-order valence-electron chi connectivity index (χ3n) is 2.40. The second-order valence-corrected chi connectivity index (χ2v) is 5.71. The van der Waals surface area contributed by atoms with Gasteiger partial charge in [0, 0.05) is 6.54 Å². The van der Waals surface area contributed by atoms with E-state index < -0.39 is 39.9 Å². The fraction of sp³-hybridized carbons (Fsp3) is 1.00. The molecule has 0 heterocycles. The number of alkyl halides is 6. The molecule has 4 nitrogen and oxygen atoms in total. The van der Waals surface area contributed by atoms with Crippen LogP contribution in [-0.2, 0) is 10.1 Å². The summed E-state index contributed by atoms with van der Waals surface area (Å²) in [6.07, 6.45) is -10.4. The van der Waals surface area contributed by atoms with Crippen molar-refractivity contribution in [2.24, 2.45) is 0 Å². The maximum Gasteiger partial charge on any atom is 0.467 e. The smallest absolute Gasteiger partial charge is 0.286 e. The van der Waals surface area contributed by atoms with E-state index in [1.807, 2.05) is 0 Å². The third kappa shape index (κ3) is 9.37. The maximum absolute atomic E-state index is 12.1. The Labute approximate surface area is 112 Å². The summed E-state index contributed by atoms with van der Waals surface area (Å²) in [6, 6.07) is 0.